The van der Waals surface area contributed by atoms with Gasteiger partial charge in [0.15, 0.2) is 5.16 Å². The van der Waals surface area contributed by atoms with Gasteiger partial charge in [0, 0.05) is 23.3 Å². The Morgan fingerprint density at radius 3 is 2.69 bits per heavy atom. The first-order valence-electron chi connectivity index (χ1n) is 11.5. The standard InChI is InChI=1S/C27H24N4O3S2/c1-3-17-9-11-18(12-10-17)15-31-26(33)24-23(21-8-5-13-28-25(21)36-24)30-27(31)35-16-22(32)29-19-6-4-7-20(14-19)34-2/h4-14H,3,15-16H2,1-2H3,(H,29,32). The molecule has 3 aromatic heterocycles. The second kappa shape index (κ2) is 10.5. The van der Waals surface area contributed by atoms with E-state index in [-0.39, 0.29) is 17.2 Å². The smallest absolute Gasteiger partial charge is 0.272 e. The maximum absolute atomic E-state index is 13.6. The summed E-state index contributed by atoms with van der Waals surface area (Å²) in [6, 6.07) is 19.2. The highest BCUT2D eigenvalue weighted by Crippen LogP contribution is 2.30. The second-order valence-electron chi connectivity index (χ2n) is 8.16. The van der Waals surface area contributed by atoms with E-state index in [2.05, 4.69) is 29.4 Å². The van der Waals surface area contributed by atoms with Crippen molar-refractivity contribution < 1.29 is 9.53 Å². The SMILES string of the molecule is CCc1ccc(Cn2c(SCC(=O)Nc3cccc(OC)c3)nc3c(sc4ncccc43)c2=O)cc1. The highest BCUT2D eigenvalue weighted by molar-refractivity contribution is 7.99. The van der Waals surface area contributed by atoms with Gasteiger partial charge in [0.1, 0.15) is 15.3 Å². The van der Waals surface area contributed by atoms with Crippen LogP contribution < -0.4 is 15.6 Å². The Morgan fingerprint density at radius 1 is 1.11 bits per heavy atom. The first kappa shape index (κ1) is 24.0. The number of carbonyl (C=O) groups is 1. The van der Waals surface area contributed by atoms with Crippen LogP contribution in [0.25, 0.3) is 20.4 Å². The molecule has 1 amide bonds. The molecule has 7 nitrogen and oxygen atoms in total. The van der Waals surface area contributed by atoms with Crippen LogP contribution in [-0.4, -0.2) is 33.3 Å². The van der Waals surface area contributed by atoms with Crippen LogP contribution in [0.5, 0.6) is 5.75 Å². The van der Waals surface area contributed by atoms with Gasteiger partial charge in [0.2, 0.25) is 5.91 Å². The van der Waals surface area contributed by atoms with Crippen molar-refractivity contribution in [3.63, 3.8) is 0 Å². The number of aromatic nitrogens is 3. The number of thiophene rings is 1. The van der Waals surface area contributed by atoms with Crippen LogP contribution in [0, 0.1) is 0 Å². The fourth-order valence-corrected chi connectivity index (χ4v) is 5.70. The lowest BCUT2D eigenvalue weighted by Gasteiger charge is -2.13. The number of aryl methyl sites for hydroxylation is 1. The Hall–Kier alpha value is -3.69. The maximum atomic E-state index is 13.6. The Kier molecular flexibility index (Phi) is 7.02. The minimum absolute atomic E-state index is 0.101. The van der Waals surface area contributed by atoms with Crippen LogP contribution in [0.3, 0.4) is 0 Å². The molecule has 0 spiro atoms. The number of nitrogens with zero attached hydrogens (tertiary/aromatic N) is 3. The molecular formula is C27H24N4O3S2. The Balaban J connectivity index is 1.48. The number of methoxy groups -OCH3 is 1. The van der Waals surface area contributed by atoms with E-state index >= 15 is 0 Å². The summed E-state index contributed by atoms with van der Waals surface area (Å²) in [6.45, 7) is 2.48. The highest BCUT2D eigenvalue weighted by atomic mass is 32.2. The molecule has 36 heavy (non-hydrogen) atoms. The van der Waals surface area contributed by atoms with Gasteiger partial charge in [0.05, 0.1) is 24.9 Å². The largest absolute Gasteiger partial charge is 0.497 e. The van der Waals surface area contributed by atoms with E-state index < -0.39 is 0 Å². The van der Waals surface area contributed by atoms with Crippen LogP contribution in [0.1, 0.15) is 18.1 Å². The molecule has 9 heteroatoms. The third kappa shape index (κ3) is 4.98. The molecule has 0 aliphatic heterocycles. The summed E-state index contributed by atoms with van der Waals surface area (Å²) in [5.74, 6) is 0.566. The van der Waals surface area contributed by atoms with E-state index in [4.69, 9.17) is 9.72 Å². The topological polar surface area (TPSA) is 86.1 Å². The van der Waals surface area contributed by atoms with Crippen molar-refractivity contribution >= 4 is 55.1 Å². The fraction of sp³-hybridized carbons (Fsp3) is 0.185. The number of fused-ring (bicyclic) bond motifs is 3. The minimum Gasteiger partial charge on any atom is -0.497 e. The average molecular weight is 517 g/mol. The zero-order chi connectivity index (χ0) is 25.1. The van der Waals surface area contributed by atoms with Gasteiger partial charge >= 0.3 is 0 Å². The summed E-state index contributed by atoms with van der Waals surface area (Å²) in [7, 11) is 1.58. The molecule has 0 bridgehead atoms. The molecule has 5 aromatic rings. The Bertz CT molecular complexity index is 1610. The number of nitrogens with one attached hydrogen (secondary N) is 1. The monoisotopic (exact) mass is 516 g/mol. The molecule has 0 unspecified atom stereocenters. The van der Waals surface area contributed by atoms with Crippen molar-refractivity contribution in [2.75, 3.05) is 18.2 Å². The number of amides is 1. The van der Waals surface area contributed by atoms with Gasteiger partial charge in [-0.25, -0.2) is 9.97 Å². The molecule has 3 heterocycles. The van der Waals surface area contributed by atoms with Crippen LogP contribution in [0.2, 0.25) is 0 Å². The lowest BCUT2D eigenvalue weighted by atomic mass is 10.1. The van der Waals surface area contributed by atoms with Crippen LogP contribution in [0.15, 0.2) is 76.8 Å². The van der Waals surface area contributed by atoms with E-state index in [1.807, 2.05) is 36.4 Å². The van der Waals surface area contributed by atoms with E-state index in [9.17, 15) is 9.59 Å². The van der Waals surface area contributed by atoms with Crippen molar-refractivity contribution in [3.05, 3.63) is 88.3 Å². The third-order valence-corrected chi connectivity index (χ3v) is 7.84. The Morgan fingerprint density at radius 2 is 1.92 bits per heavy atom. The molecule has 0 saturated heterocycles. The van der Waals surface area contributed by atoms with Gasteiger partial charge < -0.3 is 10.1 Å². The first-order valence-corrected chi connectivity index (χ1v) is 13.3. The molecule has 0 aliphatic rings. The number of benzene rings is 2. The Labute approximate surface area is 216 Å². The normalized spacial score (nSPS) is 11.2. The van der Waals surface area contributed by atoms with Gasteiger partial charge in [-0.1, -0.05) is 49.0 Å². The molecule has 0 saturated carbocycles. The van der Waals surface area contributed by atoms with Crippen LogP contribution in [0.4, 0.5) is 5.69 Å². The van der Waals surface area contributed by atoms with Crippen molar-refractivity contribution in [1.82, 2.24) is 14.5 Å². The van der Waals surface area contributed by atoms with Gasteiger partial charge in [-0.15, -0.1) is 11.3 Å². The van der Waals surface area contributed by atoms with Gasteiger partial charge in [-0.05, 0) is 41.8 Å². The average Bonchev–Trinajstić information content (AvgIpc) is 3.28. The fourth-order valence-electron chi connectivity index (χ4n) is 3.88. The molecule has 1 N–H and O–H groups in total. The third-order valence-electron chi connectivity index (χ3n) is 5.78. The van der Waals surface area contributed by atoms with Gasteiger partial charge in [0.25, 0.3) is 5.56 Å². The minimum atomic E-state index is -0.196. The number of ether oxygens (including phenoxy) is 1. The summed E-state index contributed by atoms with van der Waals surface area (Å²) in [5, 5.41) is 4.22. The summed E-state index contributed by atoms with van der Waals surface area (Å²) >= 11 is 2.60. The van der Waals surface area contributed by atoms with Crippen LogP contribution >= 0.6 is 23.1 Å². The van der Waals surface area contributed by atoms with Crippen LogP contribution in [-0.2, 0) is 17.8 Å². The van der Waals surface area contributed by atoms with Crippen molar-refractivity contribution in [3.8, 4) is 5.75 Å². The van der Waals surface area contributed by atoms with E-state index in [1.54, 1.807) is 30.0 Å². The number of pyridine rings is 1. The summed E-state index contributed by atoms with van der Waals surface area (Å²) < 4.78 is 7.45. The summed E-state index contributed by atoms with van der Waals surface area (Å²) in [6.07, 6.45) is 2.66. The molecule has 0 aliphatic carbocycles. The summed E-state index contributed by atoms with van der Waals surface area (Å²) in [5.41, 5.74) is 3.38. The van der Waals surface area contributed by atoms with E-state index in [0.717, 1.165) is 22.2 Å². The lowest BCUT2D eigenvalue weighted by Crippen LogP contribution is -2.24. The molecule has 5 rings (SSSR count). The van der Waals surface area contributed by atoms with E-state index in [1.165, 1.54) is 28.7 Å². The predicted molar refractivity (Wildman–Crippen MR) is 146 cm³/mol. The summed E-state index contributed by atoms with van der Waals surface area (Å²) in [4.78, 5) is 36.4. The molecule has 182 valence electrons. The zero-order valence-electron chi connectivity index (χ0n) is 19.9. The zero-order valence-corrected chi connectivity index (χ0v) is 21.5. The number of carbonyl (C=O) groups excluding carboxylic acids is 1. The highest BCUT2D eigenvalue weighted by Gasteiger charge is 2.18. The van der Waals surface area contributed by atoms with Crippen molar-refractivity contribution in [2.45, 2.75) is 25.0 Å². The van der Waals surface area contributed by atoms with E-state index in [0.29, 0.717) is 33.4 Å². The molecular weight excluding hydrogens is 492 g/mol. The number of hydrogen-bond acceptors (Lipinski definition) is 7. The molecule has 2 aromatic carbocycles. The van der Waals surface area contributed by atoms with Gasteiger partial charge in [-0.2, -0.15) is 0 Å². The number of hydrogen-bond donors (Lipinski definition) is 1. The van der Waals surface area contributed by atoms with Crippen molar-refractivity contribution in [2.24, 2.45) is 0 Å². The number of thioether (sulfide) groups is 1. The molecule has 0 fully saturated rings. The van der Waals surface area contributed by atoms with Crippen molar-refractivity contribution in [1.29, 1.82) is 0 Å². The number of anilines is 1. The van der Waals surface area contributed by atoms with Gasteiger partial charge in [-0.3, -0.25) is 14.2 Å². The predicted octanol–water partition coefficient (Wildman–Crippen LogP) is 5.36. The quantitative estimate of drug-likeness (QED) is 0.221. The first-order chi connectivity index (χ1) is 17.6. The maximum Gasteiger partial charge on any atom is 0.272 e. The lowest BCUT2D eigenvalue weighted by molar-refractivity contribution is -0.113. The number of rotatable bonds is 8. The molecule has 0 atom stereocenters. The molecule has 0 radical (unpaired) electrons. The second-order valence-corrected chi connectivity index (χ2v) is 10.1.